The number of primary amides is 1. The summed E-state index contributed by atoms with van der Waals surface area (Å²) < 4.78 is 7.89. The number of hydrogen-bond acceptors (Lipinski definition) is 5. The Kier molecular flexibility index (Phi) is 5.65. The third kappa shape index (κ3) is 4.13. The molecule has 1 saturated heterocycles. The molecule has 30 heavy (non-hydrogen) atoms. The lowest BCUT2D eigenvalue weighted by atomic mass is 9.90. The van der Waals surface area contributed by atoms with E-state index in [1.165, 1.54) is 0 Å². The number of amides is 1. The summed E-state index contributed by atoms with van der Waals surface area (Å²) in [6.45, 7) is 4.43. The van der Waals surface area contributed by atoms with Crippen LogP contribution >= 0.6 is 0 Å². The second-order valence-electron chi connectivity index (χ2n) is 7.92. The molecular weight excluding hydrogens is 378 g/mol. The summed E-state index contributed by atoms with van der Waals surface area (Å²) in [7, 11) is 1.93. The molecule has 3 heterocycles. The molecule has 7 heteroatoms. The summed E-state index contributed by atoms with van der Waals surface area (Å²) >= 11 is 0. The number of nitrogens with zero attached hydrogens (tertiary/aromatic N) is 4. The first-order chi connectivity index (χ1) is 14.5. The molecule has 1 unspecified atom stereocenters. The Labute approximate surface area is 176 Å². The van der Waals surface area contributed by atoms with Crippen molar-refractivity contribution in [2.24, 2.45) is 12.8 Å². The molecule has 1 aromatic carbocycles. The average molecular weight is 406 g/mol. The van der Waals surface area contributed by atoms with Crippen LogP contribution in [0.4, 0.5) is 0 Å². The van der Waals surface area contributed by atoms with Crippen molar-refractivity contribution >= 4 is 5.91 Å². The first kappa shape index (κ1) is 20.3. The van der Waals surface area contributed by atoms with E-state index in [1.54, 1.807) is 6.20 Å². The largest absolute Gasteiger partial charge is 0.367 e. The second kappa shape index (κ2) is 8.38. The summed E-state index contributed by atoms with van der Waals surface area (Å²) in [5.74, 6) is -0.429. The van der Waals surface area contributed by atoms with Gasteiger partial charge in [0.15, 0.2) is 5.60 Å². The van der Waals surface area contributed by atoms with Gasteiger partial charge in [0, 0.05) is 56.8 Å². The van der Waals surface area contributed by atoms with Crippen LogP contribution in [-0.4, -0.2) is 50.9 Å². The Morgan fingerprint density at radius 2 is 2.07 bits per heavy atom. The molecule has 1 atom stereocenters. The van der Waals surface area contributed by atoms with Crippen molar-refractivity contribution in [1.29, 1.82) is 0 Å². The first-order valence-corrected chi connectivity index (χ1v) is 10.1. The van der Waals surface area contributed by atoms with Crippen molar-refractivity contribution in [1.82, 2.24) is 19.7 Å². The minimum atomic E-state index is -1.05. The standard InChI is InChI=1S/C23H27N5O2/c1-17-21(14-26-27(17)2)15-28-9-10-30-23(16-28,22(24)29)12-18-5-3-6-19(11-18)20-7-4-8-25-13-20/h3-8,11,13-14H,9-10,12,15-16H2,1-2H3,(H2,24,29). The van der Waals surface area contributed by atoms with Gasteiger partial charge in [-0.05, 0) is 29.7 Å². The zero-order valence-electron chi connectivity index (χ0n) is 17.4. The number of nitrogens with two attached hydrogens (primary N) is 1. The average Bonchev–Trinajstić information content (AvgIpc) is 3.07. The van der Waals surface area contributed by atoms with Gasteiger partial charge in [-0.15, -0.1) is 0 Å². The minimum absolute atomic E-state index is 0.429. The van der Waals surface area contributed by atoms with E-state index in [9.17, 15) is 4.79 Å². The van der Waals surface area contributed by atoms with E-state index in [0.717, 1.165) is 34.5 Å². The van der Waals surface area contributed by atoms with Gasteiger partial charge in [0.25, 0.3) is 5.91 Å². The molecule has 1 fully saturated rings. The molecular formula is C23H27N5O2. The quantitative estimate of drug-likeness (QED) is 0.679. The molecule has 3 aromatic rings. The van der Waals surface area contributed by atoms with Gasteiger partial charge in [0.2, 0.25) is 0 Å². The van der Waals surface area contributed by atoms with Gasteiger partial charge >= 0.3 is 0 Å². The Morgan fingerprint density at radius 3 is 2.77 bits per heavy atom. The summed E-state index contributed by atoms with van der Waals surface area (Å²) in [4.78, 5) is 19.0. The van der Waals surface area contributed by atoms with E-state index in [1.807, 2.05) is 61.4 Å². The molecule has 1 amide bonds. The van der Waals surface area contributed by atoms with Gasteiger partial charge < -0.3 is 10.5 Å². The van der Waals surface area contributed by atoms with Crippen LogP contribution in [0.3, 0.4) is 0 Å². The van der Waals surface area contributed by atoms with Crippen molar-refractivity contribution in [3.63, 3.8) is 0 Å². The van der Waals surface area contributed by atoms with E-state index >= 15 is 0 Å². The maximum absolute atomic E-state index is 12.5. The number of pyridine rings is 1. The molecule has 0 aliphatic carbocycles. The number of aromatic nitrogens is 3. The molecule has 156 valence electrons. The zero-order valence-corrected chi connectivity index (χ0v) is 17.4. The molecule has 0 spiro atoms. The minimum Gasteiger partial charge on any atom is -0.367 e. The molecule has 1 aliphatic rings. The van der Waals surface area contributed by atoms with Gasteiger partial charge in [0.1, 0.15) is 0 Å². The fraction of sp³-hybridized carbons (Fsp3) is 0.348. The molecule has 1 aliphatic heterocycles. The number of ether oxygens (including phenoxy) is 1. The maximum Gasteiger partial charge on any atom is 0.251 e. The number of aryl methyl sites for hydroxylation is 1. The molecule has 0 saturated carbocycles. The molecule has 2 N–H and O–H groups in total. The van der Waals surface area contributed by atoms with Crippen LogP contribution in [0.15, 0.2) is 55.0 Å². The first-order valence-electron chi connectivity index (χ1n) is 10.1. The van der Waals surface area contributed by atoms with Crippen molar-refractivity contribution in [2.45, 2.75) is 25.5 Å². The zero-order chi connectivity index (χ0) is 21.1. The number of benzene rings is 1. The Bertz CT molecular complexity index is 1030. The topological polar surface area (TPSA) is 86.3 Å². The lowest BCUT2D eigenvalue weighted by molar-refractivity contribution is -0.157. The normalized spacial score (nSPS) is 19.7. The number of hydrogen-bond donors (Lipinski definition) is 1. The highest BCUT2D eigenvalue weighted by molar-refractivity contribution is 5.84. The highest BCUT2D eigenvalue weighted by Crippen LogP contribution is 2.27. The third-order valence-corrected chi connectivity index (χ3v) is 5.86. The predicted octanol–water partition coefficient (Wildman–Crippen LogP) is 2.09. The van der Waals surface area contributed by atoms with E-state index in [-0.39, 0.29) is 0 Å². The van der Waals surface area contributed by atoms with Crippen LogP contribution in [0.25, 0.3) is 11.1 Å². The second-order valence-corrected chi connectivity index (χ2v) is 7.92. The summed E-state index contributed by atoms with van der Waals surface area (Å²) in [6.07, 6.45) is 5.90. The smallest absolute Gasteiger partial charge is 0.251 e. The Hall–Kier alpha value is -3.03. The van der Waals surface area contributed by atoms with E-state index < -0.39 is 11.5 Å². The lowest BCUT2D eigenvalue weighted by Gasteiger charge is -2.40. The van der Waals surface area contributed by atoms with Gasteiger partial charge in [0.05, 0.1) is 12.8 Å². The van der Waals surface area contributed by atoms with Crippen molar-refractivity contribution < 1.29 is 9.53 Å². The SMILES string of the molecule is Cc1c(CN2CCOC(Cc3cccc(-c4cccnc4)c3)(C(N)=O)C2)cnn1C. The molecule has 4 rings (SSSR count). The van der Waals surface area contributed by atoms with Gasteiger partial charge in [-0.2, -0.15) is 5.10 Å². The number of carbonyl (C=O) groups is 1. The van der Waals surface area contributed by atoms with Crippen LogP contribution in [0.1, 0.15) is 16.8 Å². The fourth-order valence-corrected chi connectivity index (χ4v) is 4.00. The fourth-order valence-electron chi connectivity index (χ4n) is 4.00. The number of rotatable bonds is 6. The summed E-state index contributed by atoms with van der Waals surface area (Å²) in [6, 6.07) is 12.1. The van der Waals surface area contributed by atoms with Gasteiger partial charge in [-0.25, -0.2) is 0 Å². The Morgan fingerprint density at radius 1 is 1.23 bits per heavy atom. The predicted molar refractivity (Wildman–Crippen MR) is 114 cm³/mol. The van der Waals surface area contributed by atoms with Crippen LogP contribution in [0.2, 0.25) is 0 Å². The highest BCUT2D eigenvalue weighted by Gasteiger charge is 2.42. The number of morpholine rings is 1. The summed E-state index contributed by atoms with van der Waals surface area (Å²) in [5.41, 5.74) is 10.2. The maximum atomic E-state index is 12.5. The highest BCUT2D eigenvalue weighted by atomic mass is 16.5. The third-order valence-electron chi connectivity index (χ3n) is 5.86. The van der Waals surface area contributed by atoms with Gasteiger partial charge in [-0.1, -0.05) is 30.3 Å². The van der Waals surface area contributed by atoms with E-state index in [4.69, 9.17) is 10.5 Å². The monoisotopic (exact) mass is 405 g/mol. The molecule has 7 nitrogen and oxygen atoms in total. The van der Waals surface area contributed by atoms with Gasteiger partial charge in [-0.3, -0.25) is 19.4 Å². The van der Waals surface area contributed by atoms with Crippen molar-refractivity contribution in [3.8, 4) is 11.1 Å². The number of carbonyl (C=O) groups excluding carboxylic acids is 1. The Balaban J connectivity index is 1.56. The van der Waals surface area contributed by atoms with Crippen LogP contribution in [-0.2, 0) is 29.5 Å². The van der Waals surface area contributed by atoms with E-state index in [2.05, 4.69) is 21.0 Å². The summed E-state index contributed by atoms with van der Waals surface area (Å²) in [5, 5.41) is 4.32. The molecule has 2 aromatic heterocycles. The van der Waals surface area contributed by atoms with Crippen LogP contribution in [0.5, 0.6) is 0 Å². The molecule has 0 radical (unpaired) electrons. The van der Waals surface area contributed by atoms with Crippen LogP contribution < -0.4 is 5.73 Å². The lowest BCUT2D eigenvalue weighted by Crippen LogP contribution is -2.59. The van der Waals surface area contributed by atoms with E-state index in [0.29, 0.717) is 26.1 Å². The van der Waals surface area contributed by atoms with Crippen LogP contribution in [0, 0.1) is 6.92 Å². The molecule has 0 bridgehead atoms. The van der Waals surface area contributed by atoms with Crippen molar-refractivity contribution in [3.05, 3.63) is 71.8 Å². The van der Waals surface area contributed by atoms with Crippen molar-refractivity contribution in [2.75, 3.05) is 19.7 Å².